The number of piperidine rings is 1. The number of nitrogens with zero attached hydrogens (tertiary/aromatic N) is 2. The Morgan fingerprint density at radius 1 is 1.18 bits per heavy atom. The van der Waals surface area contributed by atoms with Crippen LogP contribution in [0.5, 0.6) is 5.75 Å². The van der Waals surface area contributed by atoms with E-state index < -0.39 is 0 Å². The van der Waals surface area contributed by atoms with Crippen molar-refractivity contribution >= 4 is 17.6 Å². The molecule has 1 aliphatic rings. The Hall–Kier alpha value is -2.89. The van der Waals surface area contributed by atoms with E-state index in [9.17, 15) is 9.59 Å². The van der Waals surface area contributed by atoms with Crippen molar-refractivity contribution in [2.24, 2.45) is 5.92 Å². The molecule has 1 aromatic carbocycles. The highest BCUT2D eigenvalue weighted by Gasteiger charge is 2.29. The average molecular weight is 381 g/mol. The van der Waals surface area contributed by atoms with Gasteiger partial charge >= 0.3 is 0 Å². The molecule has 1 N–H and O–H groups in total. The summed E-state index contributed by atoms with van der Waals surface area (Å²) in [6.07, 6.45) is 3.22. The Kier molecular flexibility index (Phi) is 6.29. The molecule has 0 bridgehead atoms. The monoisotopic (exact) mass is 381 g/mol. The zero-order valence-corrected chi connectivity index (χ0v) is 16.7. The van der Waals surface area contributed by atoms with Gasteiger partial charge in [-0.15, -0.1) is 0 Å². The first-order chi connectivity index (χ1) is 13.4. The Morgan fingerprint density at radius 3 is 2.75 bits per heavy atom. The first-order valence-electron chi connectivity index (χ1n) is 9.64. The third kappa shape index (κ3) is 4.88. The van der Waals surface area contributed by atoms with E-state index in [0.29, 0.717) is 24.7 Å². The molecule has 2 amide bonds. The number of ether oxygens (including phenoxy) is 1. The molecule has 1 aliphatic heterocycles. The van der Waals surface area contributed by atoms with Gasteiger partial charge in [-0.1, -0.05) is 12.1 Å². The van der Waals surface area contributed by atoms with Crippen LogP contribution >= 0.6 is 0 Å². The number of amides is 2. The lowest BCUT2D eigenvalue weighted by Gasteiger charge is -2.32. The maximum atomic E-state index is 12.6. The van der Waals surface area contributed by atoms with Crippen LogP contribution in [0.25, 0.3) is 0 Å². The number of rotatable bonds is 5. The molecule has 1 atom stereocenters. The van der Waals surface area contributed by atoms with Gasteiger partial charge in [0.1, 0.15) is 11.6 Å². The first-order valence-corrected chi connectivity index (χ1v) is 9.64. The number of hydrogen-bond acceptors (Lipinski definition) is 4. The van der Waals surface area contributed by atoms with Crippen LogP contribution in [0.3, 0.4) is 0 Å². The van der Waals surface area contributed by atoms with Crippen LogP contribution in [-0.4, -0.2) is 41.4 Å². The van der Waals surface area contributed by atoms with Crippen LogP contribution < -0.4 is 10.1 Å². The summed E-state index contributed by atoms with van der Waals surface area (Å²) < 4.78 is 5.66. The first kappa shape index (κ1) is 19.9. The predicted molar refractivity (Wildman–Crippen MR) is 108 cm³/mol. The number of aryl methyl sites for hydroxylation is 3. The normalized spacial score (nSPS) is 16.5. The summed E-state index contributed by atoms with van der Waals surface area (Å²) in [4.78, 5) is 31.1. The van der Waals surface area contributed by atoms with Crippen molar-refractivity contribution in [2.75, 3.05) is 25.0 Å². The van der Waals surface area contributed by atoms with Crippen LogP contribution in [0.1, 0.15) is 29.5 Å². The van der Waals surface area contributed by atoms with Gasteiger partial charge < -0.3 is 15.0 Å². The molecule has 0 aliphatic carbocycles. The van der Waals surface area contributed by atoms with Crippen LogP contribution in [-0.2, 0) is 9.59 Å². The minimum atomic E-state index is -0.235. The second-order valence-electron chi connectivity index (χ2n) is 7.37. The third-order valence-corrected chi connectivity index (χ3v) is 5.24. The summed E-state index contributed by atoms with van der Waals surface area (Å²) in [5.74, 6) is 0.849. The molecule has 1 saturated heterocycles. The second kappa shape index (κ2) is 8.87. The zero-order valence-electron chi connectivity index (χ0n) is 16.7. The van der Waals surface area contributed by atoms with Gasteiger partial charge in [-0.2, -0.15) is 0 Å². The topological polar surface area (TPSA) is 71.5 Å². The molecule has 6 heteroatoms. The number of likely N-dealkylation sites (tertiary alicyclic amines) is 1. The Bertz CT molecular complexity index is 866. The summed E-state index contributed by atoms with van der Waals surface area (Å²) in [5.41, 5.74) is 3.23. The lowest BCUT2D eigenvalue weighted by Crippen LogP contribution is -2.45. The molecule has 1 fully saturated rings. The largest absolute Gasteiger partial charge is 0.484 e. The van der Waals surface area contributed by atoms with Crippen molar-refractivity contribution in [1.82, 2.24) is 9.88 Å². The van der Waals surface area contributed by atoms with Gasteiger partial charge in [0.25, 0.3) is 5.91 Å². The number of hydrogen-bond donors (Lipinski definition) is 1. The molecule has 0 saturated carbocycles. The second-order valence-corrected chi connectivity index (χ2v) is 7.37. The van der Waals surface area contributed by atoms with Gasteiger partial charge in [0.2, 0.25) is 5.91 Å². The number of carbonyl (C=O) groups excluding carboxylic acids is 2. The number of carbonyl (C=O) groups is 2. The van der Waals surface area contributed by atoms with Crippen molar-refractivity contribution in [3.63, 3.8) is 0 Å². The molecule has 3 rings (SSSR count). The van der Waals surface area contributed by atoms with E-state index in [-0.39, 0.29) is 24.3 Å². The minimum Gasteiger partial charge on any atom is -0.484 e. The number of anilines is 1. The van der Waals surface area contributed by atoms with Gasteiger partial charge in [0.15, 0.2) is 6.61 Å². The van der Waals surface area contributed by atoms with E-state index in [0.717, 1.165) is 24.0 Å². The SMILES string of the molecule is Cc1ccc(OCC(=O)N2CCCC(C(=O)Nc3ncccc3C)C2)cc1C. The standard InChI is InChI=1S/C22H27N3O3/c1-15-8-9-19(12-17(15)3)28-14-20(26)25-11-5-7-18(13-25)22(27)24-21-16(2)6-4-10-23-21/h4,6,8-10,12,18H,5,7,11,13-14H2,1-3H3,(H,23,24,27). The summed E-state index contributed by atoms with van der Waals surface area (Å²) in [6.45, 7) is 7.00. The molecule has 1 unspecified atom stereocenters. The molecule has 148 valence electrons. The van der Waals surface area contributed by atoms with Gasteiger partial charge in [-0.25, -0.2) is 4.98 Å². The Morgan fingerprint density at radius 2 is 2.00 bits per heavy atom. The average Bonchev–Trinajstić information content (AvgIpc) is 2.70. The predicted octanol–water partition coefficient (Wildman–Crippen LogP) is 3.26. The van der Waals surface area contributed by atoms with Crippen molar-refractivity contribution in [1.29, 1.82) is 0 Å². The molecule has 2 aromatic rings. The fourth-order valence-electron chi connectivity index (χ4n) is 3.29. The summed E-state index contributed by atoms with van der Waals surface area (Å²) in [5, 5.41) is 2.89. The van der Waals surface area contributed by atoms with Gasteiger partial charge in [-0.05, 0) is 68.5 Å². The van der Waals surface area contributed by atoms with Gasteiger partial charge in [0, 0.05) is 19.3 Å². The molecular weight excluding hydrogens is 354 g/mol. The van der Waals surface area contributed by atoms with E-state index in [4.69, 9.17) is 4.74 Å². The summed E-state index contributed by atoms with van der Waals surface area (Å²) >= 11 is 0. The number of aromatic nitrogens is 1. The summed E-state index contributed by atoms with van der Waals surface area (Å²) in [6, 6.07) is 9.53. The molecule has 1 aromatic heterocycles. The van der Waals surface area contributed by atoms with Crippen LogP contribution in [0.4, 0.5) is 5.82 Å². The number of nitrogens with one attached hydrogen (secondary N) is 1. The smallest absolute Gasteiger partial charge is 0.260 e. The van der Waals surface area contributed by atoms with Gasteiger partial charge in [0.05, 0.1) is 5.92 Å². The fraction of sp³-hybridized carbons (Fsp3) is 0.409. The van der Waals surface area contributed by atoms with Crippen molar-refractivity contribution in [3.05, 3.63) is 53.2 Å². The highest BCUT2D eigenvalue weighted by atomic mass is 16.5. The molecule has 0 spiro atoms. The van der Waals surface area contributed by atoms with Crippen molar-refractivity contribution in [2.45, 2.75) is 33.6 Å². The van der Waals surface area contributed by atoms with Crippen molar-refractivity contribution < 1.29 is 14.3 Å². The van der Waals surface area contributed by atoms with E-state index in [2.05, 4.69) is 10.3 Å². The van der Waals surface area contributed by atoms with E-state index in [1.165, 1.54) is 5.56 Å². The molecule has 28 heavy (non-hydrogen) atoms. The highest BCUT2D eigenvalue weighted by Crippen LogP contribution is 2.20. The lowest BCUT2D eigenvalue weighted by atomic mass is 9.97. The van der Waals surface area contributed by atoms with Gasteiger partial charge in [-0.3, -0.25) is 9.59 Å². The van der Waals surface area contributed by atoms with Crippen LogP contribution in [0.15, 0.2) is 36.5 Å². The fourth-order valence-corrected chi connectivity index (χ4v) is 3.29. The van der Waals surface area contributed by atoms with Crippen molar-refractivity contribution in [3.8, 4) is 5.75 Å². The zero-order chi connectivity index (χ0) is 20.1. The Labute approximate surface area is 165 Å². The molecular formula is C22H27N3O3. The highest BCUT2D eigenvalue weighted by molar-refractivity contribution is 5.93. The maximum absolute atomic E-state index is 12.6. The van der Waals surface area contributed by atoms with Crippen LogP contribution in [0.2, 0.25) is 0 Å². The quantitative estimate of drug-likeness (QED) is 0.863. The number of pyridine rings is 1. The molecule has 2 heterocycles. The minimum absolute atomic E-state index is 0.0177. The molecule has 6 nitrogen and oxygen atoms in total. The Balaban J connectivity index is 1.54. The lowest BCUT2D eigenvalue weighted by molar-refractivity contribution is -0.136. The number of benzene rings is 1. The third-order valence-electron chi connectivity index (χ3n) is 5.24. The maximum Gasteiger partial charge on any atom is 0.260 e. The van der Waals surface area contributed by atoms with E-state index in [1.807, 2.05) is 51.1 Å². The summed E-state index contributed by atoms with van der Waals surface area (Å²) in [7, 11) is 0. The van der Waals surface area contributed by atoms with Crippen LogP contribution in [0, 0.1) is 26.7 Å². The molecule has 0 radical (unpaired) electrons. The van der Waals surface area contributed by atoms with E-state index >= 15 is 0 Å². The van der Waals surface area contributed by atoms with E-state index in [1.54, 1.807) is 11.1 Å².